The van der Waals surface area contributed by atoms with Gasteiger partial charge in [-0.2, -0.15) is 0 Å². The van der Waals surface area contributed by atoms with E-state index in [-0.39, 0.29) is 5.91 Å². The summed E-state index contributed by atoms with van der Waals surface area (Å²) in [7, 11) is 0. The molecule has 3 aromatic rings. The second kappa shape index (κ2) is 9.65. The smallest absolute Gasteiger partial charge is 0.286 e. The number of nitrogens with zero attached hydrogens (tertiary/aromatic N) is 3. The van der Waals surface area contributed by atoms with E-state index in [1.54, 1.807) is 12.1 Å². The van der Waals surface area contributed by atoms with Gasteiger partial charge in [-0.15, -0.1) is 0 Å². The van der Waals surface area contributed by atoms with Gasteiger partial charge in [-0.05, 0) is 61.6 Å². The lowest BCUT2D eigenvalue weighted by Crippen LogP contribution is -2.45. The molecule has 32 heavy (non-hydrogen) atoms. The molecule has 5 nitrogen and oxygen atoms in total. The summed E-state index contributed by atoms with van der Waals surface area (Å²) in [5.74, 6) is 0.850. The Morgan fingerprint density at radius 3 is 2.34 bits per heavy atom. The molecule has 0 spiro atoms. The number of hydrazine groups is 1. The first kappa shape index (κ1) is 22.8. The summed E-state index contributed by atoms with van der Waals surface area (Å²) in [6.07, 6.45) is 3.37. The predicted octanol–water partition coefficient (Wildman–Crippen LogP) is 6.41. The molecular weight excluding hydrogens is 443 g/mol. The summed E-state index contributed by atoms with van der Waals surface area (Å²) in [6, 6.07) is 13.7. The van der Waals surface area contributed by atoms with E-state index in [1.807, 2.05) is 22.6 Å². The number of nitrogens with one attached hydrogen (secondary N) is 1. The molecular formula is C25H28Cl2N4O. The molecule has 0 saturated carbocycles. The van der Waals surface area contributed by atoms with Crippen molar-refractivity contribution in [1.82, 2.24) is 20.0 Å². The highest BCUT2D eigenvalue weighted by molar-refractivity contribution is 6.36. The number of carbonyl (C=O) groups excluding carboxylic acids is 1. The fourth-order valence-electron chi connectivity index (χ4n) is 4.09. The van der Waals surface area contributed by atoms with Crippen LogP contribution < -0.4 is 5.43 Å². The van der Waals surface area contributed by atoms with Crippen molar-refractivity contribution in [3.05, 3.63) is 69.5 Å². The van der Waals surface area contributed by atoms with E-state index in [2.05, 4.69) is 43.5 Å². The van der Waals surface area contributed by atoms with Crippen molar-refractivity contribution in [1.29, 1.82) is 0 Å². The maximum atomic E-state index is 13.2. The number of imidazole rings is 1. The topological polar surface area (TPSA) is 50.2 Å². The van der Waals surface area contributed by atoms with Crippen LogP contribution in [0.25, 0.3) is 17.1 Å². The number of hydrogen-bond donors (Lipinski definition) is 1. The van der Waals surface area contributed by atoms with Gasteiger partial charge in [0.15, 0.2) is 5.69 Å². The Kier molecular flexibility index (Phi) is 6.89. The molecule has 168 valence electrons. The van der Waals surface area contributed by atoms with Gasteiger partial charge in [0.25, 0.3) is 5.91 Å². The number of amides is 1. The van der Waals surface area contributed by atoms with Crippen LogP contribution in [0.2, 0.25) is 10.0 Å². The zero-order chi connectivity index (χ0) is 22.8. The molecule has 2 heterocycles. The van der Waals surface area contributed by atoms with E-state index in [4.69, 9.17) is 28.2 Å². The Bertz CT molecular complexity index is 1120. The fourth-order valence-corrected chi connectivity index (χ4v) is 4.59. The Morgan fingerprint density at radius 2 is 1.72 bits per heavy atom. The number of piperidine rings is 1. The van der Waals surface area contributed by atoms with Gasteiger partial charge in [0, 0.05) is 29.4 Å². The van der Waals surface area contributed by atoms with Crippen LogP contribution in [-0.2, 0) is 0 Å². The third-order valence-electron chi connectivity index (χ3n) is 5.93. The third kappa shape index (κ3) is 4.70. The Morgan fingerprint density at radius 1 is 1.03 bits per heavy atom. The van der Waals surface area contributed by atoms with E-state index < -0.39 is 0 Å². The number of benzene rings is 2. The first-order valence-corrected chi connectivity index (χ1v) is 11.8. The zero-order valence-electron chi connectivity index (χ0n) is 18.7. The molecule has 2 aromatic carbocycles. The minimum absolute atomic E-state index is 0.201. The first-order chi connectivity index (χ1) is 15.3. The van der Waals surface area contributed by atoms with Crippen molar-refractivity contribution < 1.29 is 4.79 Å². The van der Waals surface area contributed by atoms with Crippen molar-refractivity contribution >= 4 is 29.1 Å². The van der Waals surface area contributed by atoms with Crippen molar-refractivity contribution in [2.75, 3.05) is 13.1 Å². The maximum Gasteiger partial charge on any atom is 0.286 e. The normalized spacial score (nSPS) is 14.7. The number of hydrogen-bond acceptors (Lipinski definition) is 3. The molecule has 1 aliphatic rings. The van der Waals surface area contributed by atoms with Crippen molar-refractivity contribution in [3.63, 3.8) is 0 Å². The molecule has 1 saturated heterocycles. The number of carbonyl (C=O) groups is 1. The number of halogens is 2. The SMILES string of the molecule is Cc1c(C(=O)NN2CCCCC2)nc(-c2ccc(Cl)cc2Cl)n1-c1ccc(C(C)C)cc1. The molecule has 1 amide bonds. The fraction of sp³-hybridized carbons (Fsp3) is 0.360. The van der Waals surface area contributed by atoms with Gasteiger partial charge in [-0.3, -0.25) is 14.8 Å². The van der Waals surface area contributed by atoms with Crippen molar-refractivity contribution in [2.45, 2.75) is 46.0 Å². The summed E-state index contributed by atoms with van der Waals surface area (Å²) >= 11 is 12.7. The van der Waals surface area contributed by atoms with E-state index in [0.29, 0.717) is 27.5 Å². The van der Waals surface area contributed by atoms with Crippen LogP contribution in [0.4, 0.5) is 0 Å². The van der Waals surface area contributed by atoms with Crippen molar-refractivity contribution in [2.24, 2.45) is 0 Å². The van der Waals surface area contributed by atoms with Gasteiger partial charge in [0.1, 0.15) is 5.82 Å². The summed E-state index contributed by atoms with van der Waals surface area (Å²) in [5.41, 5.74) is 7.09. The van der Waals surface area contributed by atoms with Gasteiger partial charge in [0.2, 0.25) is 0 Å². The molecule has 1 N–H and O–H groups in total. The van der Waals surface area contributed by atoms with Crippen LogP contribution >= 0.6 is 23.2 Å². The van der Waals surface area contributed by atoms with Gasteiger partial charge >= 0.3 is 0 Å². The largest absolute Gasteiger partial charge is 0.296 e. The lowest BCUT2D eigenvalue weighted by molar-refractivity contribution is 0.0744. The van der Waals surface area contributed by atoms with Gasteiger partial charge in [-0.25, -0.2) is 9.99 Å². The van der Waals surface area contributed by atoms with Crippen LogP contribution in [0.5, 0.6) is 0 Å². The highest BCUT2D eigenvalue weighted by atomic mass is 35.5. The maximum absolute atomic E-state index is 13.2. The molecule has 1 aromatic heterocycles. The van der Waals surface area contributed by atoms with E-state index in [0.717, 1.165) is 42.9 Å². The van der Waals surface area contributed by atoms with Crippen LogP contribution in [0.1, 0.15) is 60.8 Å². The first-order valence-electron chi connectivity index (χ1n) is 11.1. The minimum Gasteiger partial charge on any atom is -0.296 e. The summed E-state index contributed by atoms with van der Waals surface area (Å²) in [4.78, 5) is 17.9. The van der Waals surface area contributed by atoms with Crippen LogP contribution in [-0.4, -0.2) is 33.6 Å². The molecule has 1 fully saturated rings. The molecule has 7 heteroatoms. The molecule has 0 unspecified atom stereocenters. The average Bonchev–Trinajstić information content (AvgIpc) is 3.11. The van der Waals surface area contributed by atoms with Crippen molar-refractivity contribution in [3.8, 4) is 17.1 Å². The summed E-state index contributed by atoms with van der Waals surface area (Å²) in [5, 5.41) is 3.03. The Hall–Kier alpha value is -2.34. The third-order valence-corrected chi connectivity index (χ3v) is 6.48. The van der Waals surface area contributed by atoms with E-state index in [9.17, 15) is 4.79 Å². The monoisotopic (exact) mass is 470 g/mol. The molecule has 0 radical (unpaired) electrons. The zero-order valence-corrected chi connectivity index (χ0v) is 20.2. The lowest BCUT2D eigenvalue weighted by atomic mass is 10.0. The molecule has 0 aliphatic carbocycles. The summed E-state index contributed by atoms with van der Waals surface area (Å²) < 4.78 is 1.99. The van der Waals surface area contributed by atoms with Crippen LogP contribution in [0.3, 0.4) is 0 Å². The molecule has 0 atom stereocenters. The second-order valence-electron chi connectivity index (χ2n) is 8.56. The quantitative estimate of drug-likeness (QED) is 0.468. The van der Waals surface area contributed by atoms with Crippen LogP contribution in [0, 0.1) is 6.92 Å². The standard InChI is InChI=1S/C25H28Cl2N4O/c1-16(2)18-7-10-20(11-8-18)31-17(3)23(25(32)29-30-13-5-4-6-14-30)28-24(31)21-12-9-19(26)15-22(21)27/h7-12,15-16H,4-6,13-14H2,1-3H3,(H,29,32). The Balaban J connectivity index is 1.79. The average molecular weight is 471 g/mol. The van der Waals surface area contributed by atoms with E-state index in [1.165, 1.54) is 12.0 Å². The molecule has 4 rings (SSSR count). The van der Waals surface area contributed by atoms with Gasteiger partial charge < -0.3 is 0 Å². The Labute approximate surface area is 199 Å². The van der Waals surface area contributed by atoms with Crippen LogP contribution in [0.15, 0.2) is 42.5 Å². The highest BCUT2D eigenvalue weighted by Crippen LogP contribution is 2.33. The van der Waals surface area contributed by atoms with Gasteiger partial charge in [-0.1, -0.05) is 55.6 Å². The number of aromatic nitrogens is 2. The summed E-state index contributed by atoms with van der Waals surface area (Å²) in [6.45, 7) is 7.97. The molecule has 1 aliphatic heterocycles. The minimum atomic E-state index is -0.201. The highest BCUT2D eigenvalue weighted by Gasteiger charge is 2.24. The van der Waals surface area contributed by atoms with E-state index >= 15 is 0 Å². The van der Waals surface area contributed by atoms with Gasteiger partial charge in [0.05, 0.1) is 10.7 Å². The second-order valence-corrected chi connectivity index (χ2v) is 9.41. The lowest BCUT2D eigenvalue weighted by Gasteiger charge is -2.26. The molecule has 0 bridgehead atoms. The predicted molar refractivity (Wildman–Crippen MR) is 131 cm³/mol. The number of rotatable bonds is 5.